The van der Waals surface area contributed by atoms with Crippen LogP contribution in [0, 0.1) is 0 Å². The minimum Gasteiger partial charge on any atom is -0.373 e. The summed E-state index contributed by atoms with van der Waals surface area (Å²) in [6.45, 7) is 2.93. The second-order valence-corrected chi connectivity index (χ2v) is 6.39. The Kier molecular flexibility index (Phi) is 4.01. The van der Waals surface area contributed by atoms with Crippen molar-refractivity contribution >= 4 is 34.4 Å². The van der Waals surface area contributed by atoms with E-state index in [1.807, 2.05) is 54.0 Å². The van der Waals surface area contributed by atoms with Crippen molar-refractivity contribution in [1.82, 2.24) is 9.88 Å². The van der Waals surface area contributed by atoms with Gasteiger partial charge in [-0.15, -0.1) is 0 Å². The van der Waals surface area contributed by atoms with Gasteiger partial charge in [-0.2, -0.15) is 11.8 Å². The smallest absolute Gasteiger partial charge is 0.254 e. The molecule has 0 saturated carbocycles. The zero-order valence-corrected chi connectivity index (χ0v) is 13.1. The number of benzene rings is 1. The number of rotatable bonds is 2. The first-order valence-corrected chi connectivity index (χ1v) is 8.32. The Morgan fingerprint density at radius 2 is 2.24 bits per heavy atom. The number of aromatic nitrogens is 1. The van der Waals surface area contributed by atoms with Crippen LogP contribution in [-0.4, -0.2) is 46.9 Å². The van der Waals surface area contributed by atoms with Crippen molar-refractivity contribution in [2.24, 2.45) is 0 Å². The number of hydrogen-bond acceptors (Lipinski definition) is 4. The number of thioether (sulfide) groups is 1. The van der Waals surface area contributed by atoms with Gasteiger partial charge < -0.3 is 10.2 Å². The van der Waals surface area contributed by atoms with Crippen LogP contribution >= 0.6 is 11.8 Å². The molecule has 1 aromatic heterocycles. The summed E-state index contributed by atoms with van der Waals surface area (Å²) >= 11 is 1.91. The van der Waals surface area contributed by atoms with Gasteiger partial charge in [0.1, 0.15) is 5.82 Å². The number of carbonyl (C=O) groups excluding carboxylic acids is 1. The highest BCUT2D eigenvalue weighted by Gasteiger charge is 2.26. The molecule has 1 saturated heterocycles. The maximum Gasteiger partial charge on any atom is 0.254 e. The minimum atomic E-state index is 0.109. The number of hydrogen-bond donors (Lipinski definition) is 1. The first-order chi connectivity index (χ1) is 10.2. The first kappa shape index (κ1) is 14.2. The van der Waals surface area contributed by atoms with Crippen LogP contribution in [0.4, 0.5) is 5.82 Å². The zero-order valence-electron chi connectivity index (χ0n) is 12.3. The third kappa shape index (κ3) is 2.70. The highest BCUT2D eigenvalue weighted by Crippen LogP contribution is 2.25. The van der Waals surface area contributed by atoms with E-state index in [0.717, 1.165) is 40.3 Å². The summed E-state index contributed by atoms with van der Waals surface area (Å²) in [5, 5.41) is 3.97. The summed E-state index contributed by atoms with van der Waals surface area (Å²) in [7, 11) is 1.82. The lowest BCUT2D eigenvalue weighted by Crippen LogP contribution is -2.44. The molecule has 0 bridgehead atoms. The van der Waals surface area contributed by atoms with Gasteiger partial charge in [0, 0.05) is 36.5 Å². The van der Waals surface area contributed by atoms with E-state index in [-0.39, 0.29) is 11.9 Å². The predicted octanol–water partition coefficient (Wildman–Crippen LogP) is 2.85. The summed E-state index contributed by atoms with van der Waals surface area (Å²) in [6.07, 6.45) is 0. The van der Waals surface area contributed by atoms with Gasteiger partial charge >= 0.3 is 0 Å². The van der Waals surface area contributed by atoms with Gasteiger partial charge in [-0.1, -0.05) is 18.2 Å². The molecule has 2 aromatic rings. The van der Waals surface area contributed by atoms with Crippen LogP contribution in [-0.2, 0) is 0 Å². The lowest BCUT2D eigenvalue weighted by molar-refractivity contribution is 0.0718. The van der Waals surface area contributed by atoms with Gasteiger partial charge in [0.05, 0.1) is 11.1 Å². The summed E-state index contributed by atoms with van der Waals surface area (Å²) in [4.78, 5) is 19.5. The van der Waals surface area contributed by atoms with E-state index in [2.05, 4.69) is 17.2 Å². The van der Waals surface area contributed by atoms with Gasteiger partial charge in [-0.05, 0) is 19.1 Å². The number of pyridine rings is 1. The Morgan fingerprint density at radius 3 is 3.00 bits per heavy atom. The highest BCUT2D eigenvalue weighted by molar-refractivity contribution is 7.99. The summed E-state index contributed by atoms with van der Waals surface area (Å²) in [5.74, 6) is 2.86. The Bertz CT molecular complexity index is 674. The van der Waals surface area contributed by atoms with Crippen molar-refractivity contribution in [3.63, 3.8) is 0 Å². The van der Waals surface area contributed by atoms with Crippen molar-refractivity contribution < 1.29 is 4.79 Å². The van der Waals surface area contributed by atoms with Crippen LogP contribution in [0.2, 0.25) is 0 Å². The van der Waals surface area contributed by atoms with Gasteiger partial charge in [-0.3, -0.25) is 4.79 Å². The Balaban J connectivity index is 2.07. The molecule has 5 heteroatoms. The van der Waals surface area contributed by atoms with Crippen molar-refractivity contribution in [3.8, 4) is 0 Å². The number of carbonyl (C=O) groups is 1. The fourth-order valence-corrected chi connectivity index (χ4v) is 3.68. The van der Waals surface area contributed by atoms with Crippen molar-refractivity contribution in [2.75, 3.05) is 30.4 Å². The summed E-state index contributed by atoms with van der Waals surface area (Å²) in [5.41, 5.74) is 1.59. The molecule has 3 rings (SSSR count). The van der Waals surface area contributed by atoms with Gasteiger partial charge in [0.25, 0.3) is 5.91 Å². The Labute approximate surface area is 128 Å². The van der Waals surface area contributed by atoms with Gasteiger partial charge in [0.15, 0.2) is 0 Å². The standard InChI is InChI=1S/C16H19N3OS/c1-11-10-21-8-7-19(11)16(20)13-9-15(17-2)18-14-6-4-3-5-12(13)14/h3-6,9,11H,7-8,10H2,1-2H3,(H,17,18). The molecule has 1 N–H and O–H groups in total. The number of nitrogens with zero attached hydrogens (tertiary/aromatic N) is 2. The molecule has 1 aromatic carbocycles. The van der Waals surface area contributed by atoms with Crippen molar-refractivity contribution in [3.05, 3.63) is 35.9 Å². The molecule has 1 unspecified atom stereocenters. The predicted molar refractivity (Wildman–Crippen MR) is 89.1 cm³/mol. The fourth-order valence-electron chi connectivity index (χ4n) is 2.66. The zero-order chi connectivity index (χ0) is 14.8. The molecule has 0 aliphatic carbocycles. The molecule has 1 aliphatic rings. The molecular weight excluding hydrogens is 282 g/mol. The molecule has 2 heterocycles. The van der Waals surface area contributed by atoms with E-state index in [1.165, 1.54) is 0 Å². The molecule has 1 atom stereocenters. The van der Waals surface area contributed by atoms with Crippen LogP contribution in [0.3, 0.4) is 0 Å². The fraction of sp³-hybridized carbons (Fsp3) is 0.375. The second kappa shape index (κ2) is 5.93. The number of anilines is 1. The normalized spacial score (nSPS) is 18.8. The average Bonchev–Trinajstić information content (AvgIpc) is 2.53. The van der Waals surface area contributed by atoms with Crippen molar-refractivity contribution in [1.29, 1.82) is 0 Å². The Hall–Kier alpha value is -1.75. The van der Waals surface area contributed by atoms with Gasteiger partial charge in [-0.25, -0.2) is 4.98 Å². The molecule has 21 heavy (non-hydrogen) atoms. The highest BCUT2D eigenvalue weighted by atomic mass is 32.2. The van der Waals surface area contributed by atoms with Crippen molar-refractivity contribution in [2.45, 2.75) is 13.0 Å². The van der Waals surface area contributed by atoms with Crippen LogP contribution < -0.4 is 5.32 Å². The molecule has 110 valence electrons. The van der Waals surface area contributed by atoms with Crippen LogP contribution in [0.15, 0.2) is 30.3 Å². The number of amides is 1. The molecular formula is C16H19N3OS. The molecule has 0 radical (unpaired) electrons. The maximum absolute atomic E-state index is 13.0. The SMILES string of the molecule is CNc1cc(C(=O)N2CCSCC2C)c2ccccc2n1. The summed E-state index contributed by atoms with van der Waals surface area (Å²) in [6, 6.07) is 9.96. The second-order valence-electron chi connectivity index (χ2n) is 5.24. The molecule has 1 fully saturated rings. The summed E-state index contributed by atoms with van der Waals surface area (Å²) < 4.78 is 0. The van der Waals surface area contributed by atoms with E-state index >= 15 is 0 Å². The molecule has 4 nitrogen and oxygen atoms in total. The van der Waals surface area contributed by atoms with E-state index < -0.39 is 0 Å². The average molecular weight is 301 g/mol. The quantitative estimate of drug-likeness (QED) is 0.926. The van der Waals surface area contributed by atoms with E-state index in [0.29, 0.717) is 0 Å². The lowest BCUT2D eigenvalue weighted by Gasteiger charge is -2.33. The number of fused-ring (bicyclic) bond motifs is 1. The number of nitrogens with one attached hydrogen (secondary N) is 1. The van der Waals surface area contributed by atoms with Crippen LogP contribution in [0.5, 0.6) is 0 Å². The van der Waals surface area contributed by atoms with Crippen LogP contribution in [0.25, 0.3) is 10.9 Å². The lowest BCUT2D eigenvalue weighted by atomic mass is 10.1. The number of para-hydroxylation sites is 1. The van der Waals surface area contributed by atoms with E-state index in [4.69, 9.17) is 0 Å². The molecule has 1 aliphatic heterocycles. The Morgan fingerprint density at radius 1 is 1.43 bits per heavy atom. The van der Waals surface area contributed by atoms with Crippen LogP contribution in [0.1, 0.15) is 17.3 Å². The van der Waals surface area contributed by atoms with Gasteiger partial charge in [0.2, 0.25) is 0 Å². The largest absolute Gasteiger partial charge is 0.373 e. The van der Waals surface area contributed by atoms with E-state index in [1.54, 1.807) is 0 Å². The third-order valence-corrected chi connectivity index (χ3v) is 5.02. The monoisotopic (exact) mass is 301 g/mol. The molecule has 0 spiro atoms. The van der Waals surface area contributed by atoms with E-state index in [9.17, 15) is 4.79 Å². The topological polar surface area (TPSA) is 45.2 Å². The first-order valence-electron chi connectivity index (χ1n) is 7.17. The maximum atomic E-state index is 13.0. The molecule has 1 amide bonds. The minimum absolute atomic E-state index is 0.109. The third-order valence-electron chi connectivity index (χ3n) is 3.83.